The van der Waals surface area contributed by atoms with Crippen LogP contribution in [0.15, 0.2) is 12.1 Å². The fourth-order valence-electron chi connectivity index (χ4n) is 1.07. The summed E-state index contributed by atoms with van der Waals surface area (Å²) in [5, 5.41) is 11.6. The third-order valence-corrected chi connectivity index (χ3v) is 2.10. The van der Waals surface area contributed by atoms with Gasteiger partial charge in [0.25, 0.3) is 0 Å². The molecular formula is C9H11ClN2O2. The molecule has 0 aliphatic rings. The lowest BCUT2D eigenvalue weighted by molar-refractivity contribution is -0.134. The zero-order chi connectivity index (χ0) is 10.7. The van der Waals surface area contributed by atoms with E-state index in [-0.39, 0.29) is 6.54 Å². The largest absolute Gasteiger partial charge is 0.480 e. The first kappa shape index (κ1) is 10.7. The van der Waals surface area contributed by atoms with Gasteiger partial charge in [-0.05, 0) is 24.6 Å². The van der Waals surface area contributed by atoms with Crippen LogP contribution in [0.2, 0.25) is 5.02 Å². The van der Waals surface area contributed by atoms with Crippen LogP contribution < -0.4 is 11.1 Å². The molecule has 0 amide bonds. The first-order chi connectivity index (χ1) is 6.50. The fraction of sp³-hybridized carbons (Fsp3) is 0.222. The summed E-state index contributed by atoms with van der Waals surface area (Å²) >= 11 is 5.79. The average molecular weight is 215 g/mol. The van der Waals surface area contributed by atoms with Gasteiger partial charge in [0.1, 0.15) is 6.54 Å². The van der Waals surface area contributed by atoms with Crippen molar-refractivity contribution in [3.63, 3.8) is 0 Å². The molecule has 1 aromatic carbocycles. The van der Waals surface area contributed by atoms with E-state index in [2.05, 4.69) is 5.32 Å². The van der Waals surface area contributed by atoms with Gasteiger partial charge in [0, 0.05) is 5.69 Å². The second kappa shape index (κ2) is 4.19. The molecule has 0 unspecified atom stereocenters. The quantitative estimate of drug-likeness (QED) is 0.670. The molecule has 1 aromatic rings. The normalized spacial score (nSPS) is 9.86. The molecule has 5 heteroatoms. The van der Waals surface area contributed by atoms with E-state index in [1.165, 1.54) is 0 Å². The van der Waals surface area contributed by atoms with Gasteiger partial charge in [-0.3, -0.25) is 4.79 Å². The van der Waals surface area contributed by atoms with E-state index in [1.807, 2.05) is 6.92 Å². The van der Waals surface area contributed by atoms with Crippen molar-refractivity contribution in [3.05, 3.63) is 22.7 Å². The maximum atomic E-state index is 10.3. The Labute approximate surface area is 86.7 Å². The van der Waals surface area contributed by atoms with Crippen LogP contribution in [0.1, 0.15) is 5.56 Å². The number of nitrogens with two attached hydrogens (primary N) is 1. The molecule has 0 aliphatic heterocycles. The molecule has 76 valence electrons. The number of nitrogens with one attached hydrogen (secondary N) is 1. The fourth-order valence-corrected chi connectivity index (χ4v) is 1.23. The maximum Gasteiger partial charge on any atom is 0.322 e. The van der Waals surface area contributed by atoms with Crippen LogP contribution in [0, 0.1) is 6.92 Å². The monoisotopic (exact) mass is 214 g/mol. The van der Waals surface area contributed by atoms with Crippen LogP contribution >= 0.6 is 11.6 Å². The Bertz CT molecular complexity index is 366. The van der Waals surface area contributed by atoms with Gasteiger partial charge in [0.2, 0.25) is 0 Å². The van der Waals surface area contributed by atoms with Gasteiger partial charge >= 0.3 is 5.97 Å². The van der Waals surface area contributed by atoms with Crippen molar-refractivity contribution in [2.24, 2.45) is 0 Å². The Morgan fingerprint density at radius 3 is 2.86 bits per heavy atom. The molecule has 0 heterocycles. The van der Waals surface area contributed by atoms with Crippen molar-refractivity contribution in [1.82, 2.24) is 0 Å². The SMILES string of the molecule is Cc1cc(N)c(Cl)cc1NCC(=O)O. The zero-order valence-corrected chi connectivity index (χ0v) is 8.43. The third kappa shape index (κ3) is 2.53. The highest BCUT2D eigenvalue weighted by Gasteiger charge is 2.04. The second-order valence-electron chi connectivity index (χ2n) is 2.94. The maximum absolute atomic E-state index is 10.3. The van der Waals surface area contributed by atoms with Crippen molar-refractivity contribution in [3.8, 4) is 0 Å². The lowest BCUT2D eigenvalue weighted by Crippen LogP contribution is -2.13. The van der Waals surface area contributed by atoms with Gasteiger partial charge in [0.05, 0.1) is 10.7 Å². The molecule has 0 saturated heterocycles. The minimum atomic E-state index is -0.919. The van der Waals surface area contributed by atoms with Crippen molar-refractivity contribution < 1.29 is 9.90 Å². The molecule has 4 N–H and O–H groups in total. The number of halogens is 1. The second-order valence-corrected chi connectivity index (χ2v) is 3.34. The van der Waals surface area contributed by atoms with E-state index in [0.717, 1.165) is 5.56 Å². The summed E-state index contributed by atoms with van der Waals surface area (Å²) in [7, 11) is 0. The minimum Gasteiger partial charge on any atom is -0.480 e. The van der Waals surface area contributed by atoms with Crippen molar-refractivity contribution >= 4 is 28.9 Å². The summed E-state index contributed by atoms with van der Waals surface area (Å²) < 4.78 is 0. The van der Waals surface area contributed by atoms with Crippen molar-refractivity contribution in [1.29, 1.82) is 0 Å². The third-order valence-electron chi connectivity index (χ3n) is 1.77. The Balaban J connectivity index is 2.87. The number of carbonyl (C=O) groups is 1. The van der Waals surface area contributed by atoms with Gasteiger partial charge < -0.3 is 16.2 Å². The lowest BCUT2D eigenvalue weighted by atomic mass is 10.2. The van der Waals surface area contributed by atoms with E-state index in [1.54, 1.807) is 12.1 Å². The Morgan fingerprint density at radius 2 is 2.29 bits per heavy atom. The number of nitrogen functional groups attached to an aromatic ring is 1. The molecule has 0 fully saturated rings. The number of hydrogen-bond acceptors (Lipinski definition) is 3. The number of anilines is 2. The molecular weight excluding hydrogens is 204 g/mol. The molecule has 0 atom stereocenters. The highest BCUT2D eigenvalue weighted by atomic mass is 35.5. The van der Waals surface area contributed by atoms with Crippen LogP contribution in [0.5, 0.6) is 0 Å². The molecule has 0 aromatic heterocycles. The van der Waals surface area contributed by atoms with E-state index >= 15 is 0 Å². The highest BCUT2D eigenvalue weighted by molar-refractivity contribution is 6.33. The summed E-state index contributed by atoms with van der Waals surface area (Å²) in [6.45, 7) is 1.69. The molecule has 0 aliphatic carbocycles. The molecule has 14 heavy (non-hydrogen) atoms. The van der Waals surface area contributed by atoms with Crippen LogP contribution in [-0.4, -0.2) is 17.6 Å². The number of benzene rings is 1. The van der Waals surface area contributed by atoms with Crippen LogP contribution in [0.4, 0.5) is 11.4 Å². The first-order valence-corrected chi connectivity index (χ1v) is 4.40. The van der Waals surface area contributed by atoms with Gasteiger partial charge in [-0.15, -0.1) is 0 Å². The van der Waals surface area contributed by atoms with Crippen molar-refractivity contribution in [2.75, 3.05) is 17.6 Å². The van der Waals surface area contributed by atoms with Gasteiger partial charge in [-0.1, -0.05) is 11.6 Å². The van der Waals surface area contributed by atoms with Gasteiger partial charge in [0.15, 0.2) is 0 Å². The Morgan fingerprint density at radius 1 is 1.64 bits per heavy atom. The number of hydrogen-bond donors (Lipinski definition) is 3. The number of carboxylic acid groups (broad SMARTS) is 1. The number of rotatable bonds is 3. The predicted octanol–water partition coefficient (Wildman–Crippen LogP) is 1.73. The summed E-state index contributed by atoms with van der Waals surface area (Å²) in [5.41, 5.74) is 7.62. The first-order valence-electron chi connectivity index (χ1n) is 4.02. The smallest absolute Gasteiger partial charge is 0.322 e. The van der Waals surface area contributed by atoms with E-state index in [9.17, 15) is 4.79 Å². The van der Waals surface area contributed by atoms with Gasteiger partial charge in [-0.2, -0.15) is 0 Å². The summed E-state index contributed by atoms with van der Waals surface area (Å²) in [6.07, 6.45) is 0. The minimum absolute atomic E-state index is 0.138. The molecule has 0 bridgehead atoms. The van der Waals surface area contributed by atoms with E-state index in [0.29, 0.717) is 16.4 Å². The Hall–Kier alpha value is -1.42. The van der Waals surface area contributed by atoms with E-state index < -0.39 is 5.97 Å². The molecule has 1 rings (SSSR count). The number of carboxylic acids is 1. The standard InChI is InChI=1S/C9H11ClN2O2/c1-5-2-7(11)6(10)3-8(5)12-4-9(13)14/h2-3,12H,4,11H2,1H3,(H,13,14). The summed E-state index contributed by atoms with van der Waals surface area (Å²) in [4.78, 5) is 10.3. The predicted molar refractivity (Wildman–Crippen MR) is 56.7 cm³/mol. The van der Waals surface area contributed by atoms with Crippen LogP contribution in [0.25, 0.3) is 0 Å². The highest BCUT2D eigenvalue weighted by Crippen LogP contribution is 2.26. The summed E-state index contributed by atoms with van der Waals surface area (Å²) in [6, 6.07) is 3.32. The molecule has 0 saturated carbocycles. The number of aliphatic carboxylic acids is 1. The number of aryl methyl sites for hydroxylation is 1. The topological polar surface area (TPSA) is 75.3 Å². The van der Waals surface area contributed by atoms with Gasteiger partial charge in [-0.25, -0.2) is 0 Å². The van der Waals surface area contributed by atoms with Crippen LogP contribution in [-0.2, 0) is 4.79 Å². The van der Waals surface area contributed by atoms with E-state index in [4.69, 9.17) is 22.4 Å². The lowest BCUT2D eigenvalue weighted by Gasteiger charge is -2.09. The Kier molecular flexibility index (Phi) is 3.19. The van der Waals surface area contributed by atoms with Crippen LogP contribution in [0.3, 0.4) is 0 Å². The average Bonchev–Trinajstić information content (AvgIpc) is 2.09. The van der Waals surface area contributed by atoms with Crippen molar-refractivity contribution in [2.45, 2.75) is 6.92 Å². The zero-order valence-electron chi connectivity index (χ0n) is 7.67. The molecule has 0 spiro atoms. The molecule has 0 radical (unpaired) electrons. The summed E-state index contributed by atoms with van der Waals surface area (Å²) in [5.74, 6) is -0.919. The molecule has 4 nitrogen and oxygen atoms in total.